The number of nitrogens with one attached hydrogen (secondary N) is 1. The molecule has 0 spiro atoms. The first-order chi connectivity index (χ1) is 9.61. The van der Waals surface area contributed by atoms with Crippen LogP contribution in [-0.4, -0.2) is 12.5 Å². The number of hydrogen-bond acceptors (Lipinski definition) is 2. The molecule has 5 heteroatoms. The molecule has 0 fully saturated rings. The minimum Gasteiger partial charge on any atom is -0.494 e. The molecule has 2 aromatic rings. The Balaban J connectivity index is 2.13. The highest BCUT2D eigenvalue weighted by Crippen LogP contribution is 2.22. The molecule has 0 radical (unpaired) electrons. The molecule has 3 nitrogen and oxygen atoms in total. The van der Waals surface area contributed by atoms with Gasteiger partial charge < -0.3 is 10.1 Å². The Morgan fingerprint density at radius 1 is 1.25 bits per heavy atom. The number of halogens is 2. The summed E-state index contributed by atoms with van der Waals surface area (Å²) in [6.07, 6.45) is 0. The van der Waals surface area contributed by atoms with Crippen LogP contribution in [-0.2, 0) is 0 Å². The molecule has 0 saturated carbocycles. The molecule has 0 unspecified atom stereocenters. The molecule has 0 heterocycles. The Bertz CT molecular complexity index is 614. The third-order valence-corrected chi connectivity index (χ3v) is 3.43. The molecular weight excluding hydrogens is 325 g/mol. The maximum atomic E-state index is 13.4. The van der Waals surface area contributed by atoms with Crippen molar-refractivity contribution >= 4 is 27.5 Å². The van der Waals surface area contributed by atoms with Gasteiger partial charge in [0.05, 0.1) is 16.6 Å². The highest BCUT2D eigenvalue weighted by atomic mass is 79.9. The smallest absolute Gasteiger partial charge is 0.256 e. The number of carbonyl (C=O) groups is 1. The van der Waals surface area contributed by atoms with Gasteiger partial charge in [0.2, 0.25) is 0 Å². The summed E-state index contributed by atoms with van der Waals surface area (Å²) in [5.41, 5.74) is 0.869. The van der Waals surface area contributed by atoms with Gasteiger partial charge in [0.15, 0.2) is 0 Å². The first-order valence-electron chi connectivity index (χ1n) is 6.10. The third-order valence-electron chi connectivity index (χ3n) is 2.62. The van der Waals surface area contributed by atoms with Gasteiger partial charge in [-0.15, -0.1) is 0 Å². The van der Waals surface area contributed by atoms with Gasteiger partial charge in [-0.25, -0.2) is 4.39 Å². The molecule has 1 amide bonds. The van der Waals surface area contributed by atoms with Crippen molar-refractivity contribution in [3.8, 4) is 5.75 Å². The number of carbonyl (C=O) groups excluding carboxylic acids is 1. The predicted molar refractivity (Wildman–Crippen MR) is 79.7 cm³/mol. The number of rotatable bonds is 4. The van der Waals surface area contributed by atoms with Crippen molar-refractivity contribution in [3.63, 3.8) is 0 Å². The largest absolute Gasteiger partial charge is 0.494 e. The van der Waals surface area contributed by atoms with Crippen LogP contribution in [0.5, 0.6) is 5.75 Å². The number of anilines is 1. The summed E-state index contributed by atoms with van der Waals surface area (Å²) in [5, 5.41) is 2.70. The van der Waals surface area contributed by atoms with E-state index in [1.807, 2.05) is 6.92 Å². The van der Waals surface area contributed by atoms with E-state index in [1.54, 1.807) is 30.3 Å². The van der Waals surface area contributed by atoms with E-state index in [1.165, 1.54) is 12.1 Å². The van der Waals surface area contributed by atoms with E-state index in [4.69, 9.17) is 4.74 Å². The minimum absolute atomic E-state index is 0.156. The fourth-order valence-electron chi connectivity index (χ4n) is 1.68. The Labute approximate surface area is 124 Å². The van der Waals surface area contributed by atoms with Gasteiger partial charge in [0, 0.05) is 5.69 Å². The van der Waals surface area contributed by atoms with Gasteiger partial charge in [-0.1, -0.05) is 6.07 Å². The first kappa shape index (κ1) is 14.5. The van der Waals surface area contributed by atoms with Crippen molar-refractivity contribution in [2.45, 2.75) is 6.92 Å². The van der Waals surface area contributed by atoms with E-state index in [2.05, 4.69) is 21.2 Å². The Kier molecular flexibility index (Phi) is 4.74. The van der Waals surface area contributed by atoms with Gasteiger partial charge in [-0.3, -0.25) is 4.79 Å². The van der Waals surface area contributed by atoms with Crippen LogP contribution in [0, 0.1) is 5.82 Å². The van der Waals surface area contributed by atoms with Crippen molar-refractivity contribution in [2.24, 2.45) is 0 Å². The van der Waals surface area contributed by atoms with Crippen molar-refractivity contribution < 1.29 is 13.9 Å². The molecule has 2 rings (SSSR count). The van der Waals surface area contributed by atoms with E-state index in [9.17, 15) is 9.18 Å². The fraction of sp³-hybridized carbons (Fsp3) is 0.133. The zero-order valence-electron chi connectivity index (χ0n) is 10.8. The number of benzene rings is 2. The van der Waals surface area contributed by atoms with Crippen LogP contribution in [0.2, 0.25) is 0 Å². The predicted octanol–water partition coefficient (Wildman–Crippen LogP) is 4.24. The summed E-state index contributed by atoms with van der Waals surface area (Å²) < 4.78 is 18.8. The van der Waals surface area contributed by atoms with Crippen LogP contribution in [0.15, 0.2) is 46.9 Å². The molecule has 1 N–H and O–H groups in total. The first-order valence-corrected chi connectivity index (χ1v) is 6.89. The van der Waals surface area contributed by atoms with Crippen molar-refractivity contribution in [3.05, 3.63) is 58.3 Å². The van der Waals surface area contributed by atoms with Gasteiger partial charge >= 0.3 is 0 Å². The lowest BCUT2D eigenvalue weighted by Gasteiger charge is -2.08. The Hall–Kier alpha value is -1.88. The lowest BCUT2D eigenvalue weighted by atomic mass is 10.2. The van der Waals surface area contributed by atoms with Gasteiger partial charge in [0.1, 0.15) is 11.6 Å². The molecule has 0 atom stereocenters. The van der Waals surface area contributed by atoms with Crippen LogP contribution in [0.4, 0.5) is 10.1 Å². The standard InChI is InChI=1S/C15H13BrFNO2/c1-2-20-11-8-6-10(7-9-11)18-15(19)12-4-3-5-13(17)14(12)16/h3-9H,2H2,1H3,(H,18,19). The molecule has 2 aromatic carbocycles. The van der Waals surface area contributed by atoms with E-state index in [0.29, 0.717) is 12.3 Å². The van der Waals surface area contributed by atoms with Gasteiger partial charge in [-0.2, -0.15) is 0 Å². The Morgan fingerprint density at radius 3 is 2.60 bits per heavy atom. The second-order valence-corrected chi connectivity index (χ2v) is 4.81. The summed E-state index contributed by atoms with van der Waals surface area (Å²) in [6, 6.07) is 11.3. The number of amides is 1. The van der Waals surface area contributed by atoms with Gasteiger partial charge in [-0.05, 0) is 59.3 Å². The maximum Gasteiger partial charge on any atom is 0.256 e. The maximum absolute atomic E-state index is 13.4. The zero-order chi connectivity index (χ0) is 14.5. The summed E-state index contributed by atoms with van der Waals surface area (Å²) >= 11 is 3.07. The highest BCUT2D eigenvalue weighted by Gasteiger charge is 2.13. The molecule has 0 saturated heterocycles. The second-order valence-electron chi connectivity index (χ2n) is 4.01. The minimum atomic E-state index is -0.468. The van der Waals surface area contributed by atoms with Crippen molar-refractivity contribution in [2.75, 3.05) is 11.9 Å². The lowest BCUT2D eigenvalue weighted by Crippen LogP contribution is -2.13. The fourth-order valence-corrected chi connectivity index (χ4v) is 2.12. The normalized spacial score (nSPS) is 10.2. The number of ether oxygens (including phenoxy) is 1. The average Bonchev–Trinajstić information content (AvgIpc) is 2.44. The zero-order valence-corrected chi connectivity index (χ0v) is 12.4. The number of hydrogen-bond donors (Lipinski definition) is 1. The van der Waals surface area contributed by atoms with Crippen LogP contribution in [0.1, 0.15) is 17.3 Å². The van der Waals surface area contributed by atoms with Crippen LogP contribution in [0.3, 0.4) is 0 Å². The summed E-state index contributed by atoms with van der Waals surface area (Å²) in [7, 11) is 0. The topological polar surface area (TPSA) is 38.3 Å². The van der Waals surface area contributed by atoms with E-state index in [-0.39, 0.29) is 15.9 Å². The van der Waals surface area contributed by atoms with E-state index < -0.39 is 5.82 Å². The highest BCUT2D eigenvalue weighted by molar-refractivity contribution is 9.10. The van der Waals surface area contributed by atoms with E-state index >= 15 is 0 Å². The summed E-state index contributed by atoms with van der Waals surface area (Å²) in [4.78, 5) is 12.1. The van der Waals surface area contributed by atoms with Crippen LogP contribution >= 0.6 is 15.9 Å². The van der Waals surface area contributed by atoms with Gasteiger partial charge in [0.25, 0.3) is 5.91 Å². The molecule has 0 aliphatic carbocycles. The summed E-state index contributed by atoms with van der Waals surface area (Å²) in [6.45, 7) is 2.49. The second kappa shape index (κ2) is 6.52. The molecule has 0 aromatic heterocycles. The van der Waals surface area contributed by atoms with Crippen LogP contribution in [0.25, 0.3) is 0 Å². The van der Waals surface area contributed by atoms with Crippen molar-refractivity contribution in [1.82, 2.24) is 0 Å². The van der Waals surface area contributed by atoms with Crippen molar-refractivity contribution in [1.29, 1.82) is 0 Å². The molecule has 0 bridgehead atoms. The molecular formula is C15H13BrFNO2. The Morgan fingerprint density at radius 2 is 1.95 bits per heavy atom. The molecule has 0 aliphatic rings. The SMILES string of the molecule is CCOc1ccc(NC(=O)c2cccc(F)c2Br)cc1. The monoisotopic (exact) mass is 337 g/mol. The molecule has 20 heavy (non-hydrogen) atoms. The lowest BCUT2D eigenvalue weighted by molar-refractivity contribution is 0.102. The average molecular weight is 338 g/mol. The van der Waals surface area contributed by atoms with E-state index in [0.717, 1.165) is 5.75 Å². The van der Waals surface area contributed by atoms with Crippen LogP contribution < -0.4 is 10.1 Å². The summed E-state index contributed by atoms with van der Waals surface area (Å²) in [5.74, 6) is -0.109. The molecule has 0 aliphatic heterocycles. The third kappa shape index (κ3) is 3.36. The molecule has 104 valence electrons. The quantitative estimate of drug-likeness (QED) is 0.906.